The normalized spacial score (nSPS) is 15.4. The summed E-state index contributed by atoms with van der Waals surface area (Å²) in [4.78, 5) is 11.7. The molecular weight excluding hydrogens is 212 g/mol. The summed E-state index contributed by atoms with van der Waals surface area (Å²) in [5.74, 6) is 0.561. The second-order valence-electron chi connectivity index (χ2n) is 6.43. The summed E-state index contributed by atoms with van der Waals surface area (Å²) in [7, 11) is 0. The van der Waals surface area contributed by atoms with Crippen LogP contribution in [0.15, 0.2) is 0 Å². The topological polar surface area (TPSA) is 55.1 Å². The first kappa shape index (κ1) is 16.4. The molecule has 0 aliphatic carbocycles. The minimum Gasteiger partial charge on any atom is -0.355 e. The van der Waals surface area contributed by atoms with Gasteiger partial charge in [0.25, 0.3) is 0 Å². The van der Waals surface area contributed by atoms with Crippen molar-refractivity contribution in [1.82, 2.24) is 5.32 Å². The van der Waals surface area contributed by atoms with E-state index in [0.29, 0.717) is 18.9 Å². The van der Waals surface area contributed by atoms with Gasteiger partial charge in [0.15, 0.2) is 0 Å². The molecule has 1 amide bonds. The smallest absolute Gasteiger partial charge is 0.220 e. The fourth-order valence-electron chi connectivity index (χ4n) is 2.22. The largest absolute Gasteiger partial charge is 0.355 e. The summed E-state index contributed by atoms with van der Waals surface area (Å²) in [6, 6.07) is 0.0990. The van der Waals surface area contributed by atoms with E-state index in [4.69, 9.17) is 5.73 Å². The number of hydrogen-bond acceptors (Lipinski definition) is 2. The van der Waals surface area contributed by atoms with E-state index in [9.17, 15) is 4.79 Å². The third kappa shape index (κ3) is 10.3. The van der Waals surface area contributed by atoms with Gasteiger partial charge in [-0.1, -0.05) is 41.0 Å². The van der Waals surface area contributed by atoms with Crippen LogP contribution in [0.4, 0.5) is 0 Å². The zero-order valence-corrected chi connectivity index (χ0v) is 12.2. The van der Waals surface area contributed by atoms with E-state index in [1.54, 1.807) is 0 Å². The number of carbonyl (C=O) groups is 1. The molecule has 0 fully saturated rings. The maximum absolute atomic E-state index is 11.7. The molecule has 0 aromatic carbocycles. The van der Waals surface area contributed by atoms with Gasteiger partial charge < -0.3 is 11.1 Å². The van der Waals surface area contributed by atoms with E-state index in [1.165, 1.54) is 0 Å². The molecule has 0 saturated carbocycles. The van der Waals surface area contributed by atoms with Gasteiger partial charge in [0.2, 0.25) is 5.91 Å². The van der Waals surface area contributed by atoms with Crippen LogP contribution in [0.1, 0.15) is 60.3 Å². The van der Waals surface area contributed by atoms with Gasteiger partial charge >= 0.3 is 0 Å². The highest BCUT2D eigenvalue weighted by Crippen LogP contribution is 2.25. The van der Waals surface area contributed by atoms with Crippen LogP contribution in [0.2, 0.25) is 0 Å². The van der Waals surface area contributed by atoms with Crippen molar-refractivity contribution < 1.29 is 4.79 Å². The number of amides is 1. The lowest BCUT2D eigenvalue weighted by Gasteiger charge is -2.23. The minimum atomic E-state index is 0.0990. The zero-order chi connectivity index (χ0) is 13.5. The molecule has 2 unspecified atom stereocenters. The van der Waals surface area contributed by atoms with Gasteiger partial charge in [-0.2, -0.15) is 0 Å². The first-order chi connectivity index (χ1) is 7.74. The first-order valence-electron chi connectivity index (χ1n) is 6.77. The Hall–Kier alpha value is -0.570. The second-order valence-corrected chi connectivity index (χ2v) is 6.43. The van der Waals surface area contributed by atoms with E-state index in [0.717, 1.165) is 19.3 Å². The lowest BCUT2D eigenvalue weighted by atomic mass is 9.84. The number of hydrogen-bond donors (Lipinski definition) is 2. The van der Waals surface area contributed by atoms with Crippen LogP contribution in [0, 0.1) is 11.3 Å². The highest BCUT2D eigenvalue weighted by Gasteiger charge is 2.17. The number of rotatable bonds is 7. The first-order valence-corrected chi connectivity index (χ1v) is 6.77. The van der Waals surface area contributed by atoms with Crippen molar-refractivity contribution in [3.63, 3.8) is 0 Å². The standard InChI is InChI=1S/C14H30N2O/c1-6-7-12(15)10-16-13(17)8-11(2)9-14(3,4)5/h11-12H,6-10,15H2,1-5H3,(H,16,17). The van der Waals surface area contributed by atoms with Gasteiger partial charge in [0, 0.05) is 19.0 Å². The fourth-order valence-corrected chi connectivity index (χ4v) is 2.22. The van der Waals surface area contributed by atoms with Crippen LogP contribution < -0.4 is 11.1 Å². The van der Waals surface area contributed by atoms with Crippen molar-refractivity contribution >= 4 is 5.91 Å². The maximum Gasteiger partial charge on any atom is 0.220 e. The lowest BCUT2D eigenvalue weighted by Crippen LogP contribution is -2.37. The Bertz CT molecular complexity index is 221. The summed E-state index contributed by atoms with van der Waals surface area (Å²) >= 11 is 0. The van der Waals surface area contributed by atoms with Crippen molar-refractivity contribution in [2.75, 3.05) is 6.54 Å². The predicted molar refractivity (Wildman–Crippen MR) is 73.7 cm³/mol. The summed E-state index contributed by atoms with van der Waals surface area (Å²) in [5.41, 5.74) is 6.14. The lowest BCUT2D eigenvalue weighted by molar-refractivity contribution is -0.122. The van der Waals surface area contributed by atoms with Crippen molar-refractivity contribution in [3.05, 3.63) is 0 Å². The van der Waals surface area contributed by atoms with Crippen molar-refractivity contribution in [2.45, 2.75) is 66.3 Å². The SMILES string of the molecule is CCCC(N)CNC(=O)CC(C)CC(C)(C)C. The molecule has 0 heterocycles. The molecule has 0 aromatic rings. The number of carbonyl (C=O) groups excluding carboxylic acids is 1. The Balaban J connectivity index is 3.78. The van der Waals surface area contributed by atoms with E-state index >= 15 is 0 Å². The number of nitrogens with two attached hydrogens (primary N) is 1. The Morgan fingerprint density at radius 3 is 2.41 bits per heavy atom. The van der Waals surface area contributed by atoms with E-state index in [-0.39, 0.29) is 17.4 Å². The zero-order valence-electron chi connectivity index (χ0n) is 12.2. The van der Waals surface area contributed by atoms with Crippen molar-refractivity contribution in [3.8, 4) is 0 Å². The molecule has 0 aliphatic heterocycles. The van der Waals surface area contributed by atoms with Crippen LogP contribution in [0.3, 0.4) is 0 Å². The fraction of sp³-hybridized carbons (Fsp3) is 0.929. The summed E-state index contributed by atoms with van der Waals surface area (Å²) < 4.78 is 0. The highest BCUT2D eigenvalue weighted by atomic mass is 16.1. The average Bonchev–Trinajstić information content (AvgIpc) is 2.12. The van der Waals surface area contributed by atoms with Gasteiger partial charge in [-0.05, 0) is 24.2 Å². The molecule has 3 nitrogen and oxygen atoms in total. The van der Waals surface area contributed by atoms with Gasteiger partial charge in [-0.25, -0.2) is 0 Å². The molecule has 3 N–H and O–H groups in total. The molecule has 0 rings (SSSR count). The minimum absolute atomic E-state index is 0.0990. The molecule has 0 radical (unpaired) electrons. The van der Waals surface area contributed by atoms with Crippen molar-refractivity contribution in [2.24, 2.45) is 17.1 Å². The van der Waals surface area contributed by atoms with E-state index in [1.807, 2.05) is 0 Å². The van der Waals surface area contributed by atoms with Crippen LogP contribution in [0.25, 0.3) is 0 Å². The maximum atomic E-state index is 11.7. The Labute approximate surface area is 107 Å². The van der Waals surface area contributed by atoms with Crippen LogP contribution in [0.5, 0.6) is 0 Å². The molecule has 102 valence electrons. The summed E-state index contributed by atoms with van der Waals surface area (Å²) in [6.45, 7) is 11.5. The summed E-state index contributed by atoms with van der Waals surface area (Å²) in [6.07, 6.45) is 3.72. The average molecular weight is 242 g/mol. The highest BCUT2D eigenvalue weighted by molar-refractivity contribution is 5.76. The molecule has 2 atom stereocenters. The number of nitrogens with one attached hydrogen (secondary N) is 1. The molecular formula is C14H30N2O. The Morgan fingerprint density at radius 2 is 1.94 bits per heavy atom. The van der Waals surface area contributed by atoms with Crippen LogP contribution in [-0.4, -0.2) is 18.5 Å². The van der Waals surface area contributed by atoms with Gasteiger partial charge in [0.05, 0.1) is 0 Å². The molecule has 0 spiro atoms. The van der Waals surface area contributed by atoms with Gasteiger partial charge in [-0.3, -0.25) is 4.79 Å². The molecule has 0 bridgehead atoms. The third-order valence-electron chi connectivity index (χ3n) is 2.72. The monoisotopic (exact) mass is 242 g/mol. The molecule has 0 aromatic heterocycles. The van der Waals surface area contributed by atoms with E-state index < -0.39 is 0 Å². The van der Waals surface area contributed by atoms with Crippen LogP contribution >= 0.6 is 0 Å². The Kier molecular flexibility index (Phi) is 7.44. The van der Waals surface area contributed by atoms with E-state index in [2.05, 4.69) is 39.9 Å². The van der Waals surface area contributed by atoms with Crippen LogP contribution in [-0.2, 0) is 4.79 Å². The summed E-state index contributed by atoms with van der Waals surface area (Å²) in [5, 5.41) is 2.92. The quantitative estimate of drug-likeness (QED) is 0.721. The second kappa shape index (κ2) is 7.70. The molecule has 0 aliphatic rings. The van der Waals surface area contributed by atoms with Crippen molar-refractivity contribution in [1.29, 1.82) is 0 Å². The third-order valence-corrected chi connectivity index (χ3v) is 2.72. The predicted octanol–water partition coefficient (Wildman–Crippen LogP) is 2.69. The molecule has 17 heavy (non-hydrogen) atoms. The Morgan fingerprint density at radius 1 is 1.35 bits per heavy atom. The molecule has 3 heteroatoms. The van der Waals surface area contributed by atoms with Gasteiger partial charge in [0.1, 0.15) is 0 Å². The van der Waals surface area contributed by atoms with Gasteiger partial charge in [-0.15, -0.1) is 0 Å². The molecule has 0 saturated heterocycles.